The van der Waals surface area contributed by atoms with Crippen LogP contribution in [-0.4, -0.2) is 84.4 Å². The lowest BCUT2D eigenvalue weighted by Crippen LogP contribution is -2.53. The highest BCUT2D eigenvalue weighted by atomic mass is 16.5. The molecule has 0 radical (unpaired) electrons. The third kappa shape index (κ3) is 8.74. The number of hydrogen-bond acceptors (Lipinski definition) is 7. The summed E-state index contributed by atoms with van der Waals surface area (Å²) in [6.45, 7) is 2.92. The standard InChI is InChI=1S/C31H43N5O5/c1-22(37)33-18-28(31(40)41-26-13-3-2-4-14-26)34-29(38)21-35(20-25-12-8-16-36(25)30(39)17-32)19-24-11-7-10-23-9-5-6-15-27(23)24/h5-7,9-11,15,25-26,28H,2-4,8,12-14,16-21,32H2,1H3,(H,33,37)(H,34,38)/t25-,28-/m0/s1. The van der Waals surface area contributed by atoms with Gasteiger partial charge in [-0.3, -0.25) is 19.3 Å². The molecule has 4 rings (SSSR count). The molecule has 2 fully saturated rings. The first-order chi connectivity index (χ1) is 19.8. The number of carbonyl (C=O) groups excluding carboxylic acids is 4. The minimum Gasteiger partial charge on any atom is -0.461 e. The SMILES string of the molecule is CC(=O)NC[C@H](NC(=O)CN(Cc1cccc2ccccc12)C[C@@H]1CCCN1C(=O)CN)C(=O)OC1CCCCC1. The van der Waals surface area contributed by atoms with E-state index in [1.54, 1.807) is 0 Å². The van der Waals surface area contributed by atoms with Crippen LogP contribution in [0.25, 0.3) is 10.8 Å². The Bertz CT molecular complexity index is 1210. The Balaban J connectivity index is 1.49. The summed E-state index contributed by atoms with van der Waals surface area (Å²) in [6.07, 6.45) is 6.32. The molecule has 0 aromatic heterocycles. The van der Waals surface area contributed by atoms with Gasteiger partial charge in [-0.2, -0.15) is 0 Å². The summed E-state index contributed by atoms with van der Waals surface area (Å²) >= 11 is 0. The van der Waals surface area contributed by atoms with Crippen LogP contribution in [0, 0.1) is 0 Å². The van der Waals surface area contributed by atoms with Crippen LogP contribution in [0.1, 0.15) is 57.4 Å². The van der Waals surface area contributed by atoms with Crippen LogP contribution in [0.2, 0.25) is 0 Å². The first-order valence-corrected chi connectivity index (χ1v) is 14.8. The van der Waals surface area contributed by atoms with Crippen molar-refractivity contribution in [1.29, 1.82) is 0 Å². The Kier molecular flexibility index (Phi) is 11.1. The van der Waals surface area contributed by atoms with E-state index in [1.807, 2.05) is 34.1 Å². The number of fused-ring (bicyclic) bond motifs is 1. The van der Waals surface area contributed by atoms with Crippen LogP contribution in [0.5, 0.6) is 0 Å². The summed E-state index contributed by atoms with van der Waals surface area (Å²) in [5.41, 5.74) is 6.74. The van der Waals surface area contributed by atoms with Gasteiger partial charge >= 0.3 is 5.97 Å². The summed E-state index contributed by atoms with van der Waals surface area (Å²) in [5, 5.41) is 7.66. The number of esters is 1. The number of nitrogens with one attached hydrogen (secondary N) is 2. The predicted octanol–water partition coefficient (Wildman–Crippen LogP) is 2.09. The largest absolute Gasteiger partial charge is 0.461 e. The quantitative estimate of drug-likeness (QED) is 0.336. The summed E-state index contributed by atoms with van der Waals surface area (Å²) in [7, 11) is 0. The smallest absolute Gasteiger partial charge is 0.330 e. The normalized spacial score (nSPS) is 18.3. The third-order valence-electron chi connectivity index (χ3n) is 7.99. The van der Waals surface area contributed by atoms with Crippen molar-refractivity contribution in [3.8, 4) is 0 Å². The second-order valence-electron chi connectivity index (χ2n) is 11.1. The van der Waals surface area contributed by atoms with Crippen molar-refractivity contribution < 1.29 is 23.9 Å². The summed E-state index contributed by atoms with van der Waals surface area (Å²) < 4.78 is 5.72. The van der Waals surface area contributed by atoms with Crippen LogP contribution >= 0.6 is 0 Å². The number of rotatable bonds is 12. The van der Waals surface area contributed by atoms with Crippen molar-refractivity contribution in [3.05, 3.63) is 48.0 Å². The number of benzene rings is 2. The van der Waals surface area contributed by atoms with E-state index in [0.29, 0.717) is 19.6 Å². The van der Waals surface area contributed by atoms with E-state index in [4.69, 9.17) is 10.5 Å². The van der Waals surface area contributed by atoms with Gasteiger partial charge in [-0.05, 0) is 54.9 Å². The van der Waals surface area contributed by atoms with E-state index in [2.05, 4.69) is 28.8 Å². The van der Waals surface area contributed by atoms with Gasteiger partial charge in [0.25, 0.3) is 0 Å². The molecule has 1 heterocycles. The zero-order valence-electron chi connectivity index (χ0n) is 24.0. The fraction of sp³-hybridized carbons (Fsp3) is 0.548. The molecule has 10 nitrogen and oxygen atoms in total. The molecule has 2 aliphatic rings. The van der Waals surface area contributed by atoms with E-state index in [9.17, 15) is 19.2 Å². The lowest BCUT2D eigenvalue weighted by Gasteiger charge is -2.31. The monoisotopic (exact) mass is 565 g/mol. The second kappa shape index (κ2) is 14.9. The van der Waals surface area contributed by atoms with E-state index in [1.165, 1.54) is 6.92 Å². The minimum absolute atomic E-state index is 0.0116. The van der Waals surface area contributed by atoms with Crippen LogP contribution in [-0.2, 0) is 30.5 Å². The number of ether oxygens (including phenoxy) is 1. The molecule has 1 aliphatic carbocycles. The average molecular weight is 566 g/mol. The Morgan fingerprint density at radius 3 is 2.54 bits per heavy atom. The van der Waals surface area contributed by atoms with Crippen molar-refractivity contribution in [2.45, 2.75) is 76.6 Å². The van der Waals surface area contributed by atoms with Crippen molar-refractivity contribution in [2.24, 2.45) is 5.73 Å². The number of hydrogen-bond donors (Lipinski definition) is 3. The lowest BCUT2D eigenvalue weighted by atomic mass is 9.98. The van der Waals surface area contributed by atoms with Gasteiger partial charge in [0.2, 0.25) is 17.7 Å². The van der Waals surface area contributed by atoms with E-state index in [0.717, 1.165) is 61.3 Å². The molecule has 2 aromatic carbocycles. The van der Waals surface area contributed by atoms with Crippen LogP contribution < -0.4 is 16.4 Å². The molecule has 0 bridgehead atoms. The highest BCUT2D eigenvalue weighted by Gasteiger charge is 2.31. The fourth-order valence-electron chi connectivity index (χ4n) is 5.94. The first-order valence-electron chi connectivity index (χ1n) is 14.8. The zero-order chi connectivity index (χ0) is 29.2. The van der Waals surface area contributed by atoms with Crippen LogP contribution in [0.3, 0.4) is 0 Å². The number of amides is 3. The molecule has 222 valence electrons. The maximum absolute atomic E-state index is 13.4. The van der Waals surface area contributed by atoms with Gasteiger partial charge in [-0.25, -0.2) is 4.79 Å². The molecule has 10 heteroatoms. The van der Waals surface area contributed by atoms with Crippen LogP contribution in [0.15, 0.2) is 42.5 Å². The van der Waals surface area contributed by atoms with Gasteiger partial charge in [0.1, 0.15) is 12.1 Å². The number of nitrogens with two attached hydrogens (primary N) is 1. The van der Waals surface area contributed by atoms with E-state index in [-0.39, 0.29) is 49.5 Å². The number of nitrogens with zero attached hydrogens (tertiary/aromatic N) is 2. The summed E-state index contributed by atoms with van der Waals surface area (Å²) in [4.78, 5) is 54.4. The maximum Gasteiger partial charge on any atom is 0.330 e. The molecule has 1 saturated heterocycles. The maximum atomic E-state index is 13.4. The Morgan fingerprint density at radius 1 is 1.02 bits per heavy atom. The molecule has 3 amide bonds. The Labute approximate surface area is 241 Å². The van der Waals surface area contributed by atoms with Gasteiger partial charge in [0.15, 0.2) is 0 Å². The Morgan fingerprint density at radius 2 is 1.78 bits per heavy atom. The highest BCUT2D eigenvalue weighted by molar-refractivity contribution is 5.87. The van der Waals surface area contributed by atoms with Gasteiger partial charge in [-0.15, -0.1) is 0 Å². The topological polar surface area (TPSA) is 134 Å². The minimum atomic E-state index is -0.991. The summed E-state index contributed by atoms with van der Waals surface area (Å²) in [6, 6.07) is 13.2. The van der Waals surface area contributed by atoms with Crippen LogP contribution in [0.4, 0.5) is 0 Å². The zero-order valence-corrected chi connectivity index (χ0v) is 24.0. The molecule has 2 atom stereocenters. The number of likely N-dealkylation sites (tertiary alicyclic amines) is 1. The first kappa shape index (κ1) is 30.5. The molecule has 0 unspecified atom stereocenters. The van der Waals surface area contributed by atoms with Crippen molar-refractivity contribution in [1.82, 2.24) is 20.4 Å². The van der Waals surface area contributed by atoms with Crippen molar-refractivity contribution in [3.63, 3.8) is 0 Å². The van der Waals surface area contributed by atoms with E-state index >= 15 is 0 Å². The molecule has 1 aliphatic heterocycles. The van der Waals surface area contributed by atoms with Gasteiger partial charge in [0.05, 0.1) is 13.1 Å². The second-order valence-corrected chi connectivity index (χ2v) is 11.1. The highest BCUT2D eigenvalue weighted by Crippen LogP contribution is 2.23. The molecule has 41 heavy (non-hydrogen) atoms. The average Bonchev–Trinajstić information content (AvgIpc) is 3.43. The Hall–Kier alpha value is -3.50. The molecule has 0 spiro atoms. The van der Waals surface area contributed by atoms with Crippen molar-refractivity contribution >= 4 is 34.5 Å². The third-order valence-corrected chi connectivity index (χ3v) is 7.99. The van der Waals surface area contributed by atoms with Gasteiger partial charge in [0, 0.05) is 39.1 Å². The molecule has 4 N–H and O–H groups in total. The fourth-order valence-corrected chi connectivity index (χ4v) is 5.94. The lowest BCUT2D eigenvalue weighted by molar-refractivity contribution is -0.154. The van der Waals surface area contributed by atoms with Gasteiger partial charge < -0.3 is 26.0 Å². The molecule has 1 saturated carbocycles. The predicted molar refractivity (Wildman–Crippen MR) is 157 cm³/mol. The van der Waals surface area contributed by atoms with Crippen molar-refractivity contribution in [2.75, 3.05) is 32.7 Å². The van der Waals surface area contributed by atoms with Gasteiger partial charge in [-0.1, -0.05) is 48.9 Å². The summed E-state index contributed by atoms with van der Waals surface area (Å²) in [5.74, 6) is -1.27. The molecule has 2 aromatic rings. The van der Waals surface area contributed by atoms with E-state index < -0.39 is 12.0 Å². The number of carbonyl (C=O) groups is 4. The molecular weight excluding hydrogens is 522 g/mol. The molecular formula is C31H43N5O5.